The Labute approximate surface area is 219 Å². The Morgan fingerprint density at radius 3 is 2.38 bits per heavy atom. The minimum Gasteiger partial charge on any atom is -0.486 e. The van der Waals surface area contributed by atoms with Crippen molar-refractivity contribution in [3.05, 3.63) is 89.7 Å². The maximum atomic E-state index is 13.8. The number of rotatable bonds is 8. The zero-order valence-corrected chi connectivity index (χ0v) is 21.3. The second kappa shape index (κ2) is 10.9. The first-order chi connectivity index (χ1) is 18.2. The second-order valence-electron chi connectivity index (χ2n) is 10.5. The van der Waals surface area contributed by atoms with E-state index >= 15 is 0 Å². The number of piperidine rings is 1. The lowest BCUT2D eigenvalue weighted by Gasteiger charge is -2.42. The first-order valence-corrected chi connectivity index (χ1v) is 13.6. The summed E-state index contributed by atoms with van der Waals surface area (Å²) in [5.41, 5.74) is 3.11. The third kappa shape index (κ3) is 5.64. The Morgan fingerprint density at radius 2 is 1.65 bits per heavy atom. The monoisotopic (exact) mass is 497 g/mol. The predicted octanol–water partition coefficient (Wildman–Crippen LogP) is 4.98. The van der Waals surface area contributed by atoms with Gasteiger partial charge in [0.15, 0.2) is 11.5 Å². The number of hydrogen-bond donors (Lipinski definition) is 0. The lowest BCUT2D eigenvalue weighted by atomic mass is 9.84. The molecule has 0 spiro atoms. The van der Waals surface area contributed by atoms with Gasteiger partial charge in [-0.2, -0.15) is 0 Å². The minimum atomic E-state index is 0.0859. The Hall–Kier alpha value is -3.38. The van der Waals surface area contributed by atoms with Gasteiger partial charge < -0.3 is 14.4 Å². The highest BCUT2D eigenvalue weighted by atomic mass is 16.6. The maximum Gasteiger partial charge on any atom is 0.272 e. The van der Waals surface area contributed by atoms with Crippen LogP contribution >= 0.6 is 0 Å². The molecule has 1 amide bonds. The van der Waals surface area contributed by atoms with E-state index in [2.05, 4.69) is 57.2 Å². The normalized spacial score (nSPS) is 18.8. The summed E-state index contributed by atoms with van der Waals surface area (Å²) in [7, 11) is 0. The van der Waals surface area contributed by atoms with E-state index in [1.807, 2.05) is 24.3 Å². The van der Waals surface area contributed by atoms with E-state index in [1.54, 1.807) is 6.20 Å². The molecule has 1 saturated heterocycles. The van der Waals surface area contributed by atoms with E-state index < -0.39 is 0 Å². The summed E-state index contributed by atoms with van der Waals surface area (Å²) in [6.45, 7) is 4.19. The molecule has 1 aromatic heterocycles. The van der Waals surface area contributed by atoms with Crippen LogP contribution in [0.3, 0.4) is 0 Å². The number of likely N-dealkylation sites (tertiary alicyclic amines) is 1. The molecule has 0 bridgehead atoms. The van der Waals surface area contributed by atoms with E-state index in [9.17, 15) is 4.79 Å². The van der Waals surface area contributed by atoms with Crippen LogP contribution in [0.4, 0.5) is 0 Å². The van der Waals surface area contributed by atoms with Crippen LogP contribution in [0.2, 0.25) is 0 Å². The van der Waals surface area contributed by atoms with Crippen LogP contribution < -0.4 is 9.47 Å². The van der Waals surface area contributed by atoms with Gasteiger partial charge in [-0.15, -0.1) is 0 Å². The molecule has 6 heteroatoms. The van der Waals surface area contributed by atoms with Gasteiger partial charge in [-0.25, -0.2) is 0 Å². The smallest absolute Gasteiger partial charge is 0.272 e. The van der Waals surface area contributed by atoms with Gasteiger partial charge in [-0.3, -0.25) is 14.7 Å². The fourth-order valence-electron chi connectivity index (χ4n) is 5.85. The molecule has 3 aliphatic rings. The number of aromatic nitrogens is 1. The molecular formula is C31H35N3O3. The van der Waals surface area contributed by atoms with Crippen molar-refractivity contribution in [2.24, 2.45) is 5.92 Å². The van der Waals surface area contributed by atoms with Crippen LogP contribution in [0.1, 0.15) is 47.3 Å². The summed E-state index contributed by atoms with van der Waals surface area (Å²) < 4.78 is 11.5. The summed E-state index contributed by atoms with van der Waals surface area (Å²) in [5, 5.41) is 0. The van der Waals surface area contributed by atoms with E-state index in [-0.39, 0.29) is 11.9 Å². The second-order valence-corrected chi connectivity index (χ2v) is 10.5. The fourth-order valence-corrected chi connectivity index (χ4v) is 5.85. The van der Waals surface area contributed by atoms with Crippen LogP contribution in [0.15, 0.2) is 72.9 Å². The zero-order valence-electron chi connectivity index (χ0n) is 21.3. The molecule has 1 atom stereocenters. The summed E-state index contributed by atoms with van der Waals surface area (Å²) in [5.74, 6) is 2.25. The lowest BCUT2D eigenvalue weighted by Crippen LogP contribution is -2.50. The summed E-state index contributed by atoms with van der Waals surface area (Å²) >= 11 is 0. The van der Waals surface area contributed by atoms with Crippen LogP contribution in [0.5, 0.6) is 11.5 Å². The third-order valence-electron chi connectivity index (χ3n) is 7.89. The van der Waals surface area contributed by atoms with Crippen molar-refractivity contribution in [1.82, 2.24) is 14.8 Å². The number of amides is 1. The van der Waals surface area contributed by atoms with Crippen molar-refractivity contribution >= 4 is 5.91 Å². The number of nitrogens with zero attached hydrogens (tertiary/aromatic N) is 3. The number of pyridine rings is 1. The minimum absolute atomic E-state index is 0.0859. The molecule has 6 nitrogen and oxygen atoms in total. The number of carbonyl (C=O) groups excluding carboxylic acids is 1. The van der Waals surface area contributed by atoms with E-state index in [0.717, 1.165) is 63.2 Å². The van der Waals surface area contributed by atoms with Gasteiger partial charge in [0.05, 0.1) is 0 Å². The molecule has 1 saturated carbocycles. The van der Waals surface area contributed by atoms with E-state index in [4.69, 9.17) is 9.47 Å². The molecule has 192 valence electrons. The van der Waals surface area contributed by atoms with Gasteiger partial charge in [-0.1, -0.05) is 42.5 Å². The number of fused-ring (bicyclic) bond motifs is 1. The number of ether oxygens (including phenoxy) is 2. The van der Waals surface area contributed by atoms with Crippen molar-refractivity contribution in [2.75, 3.05) is 26.3 Å². The largest absolute Gasteiger partial charge is 0.486 e. The number of carbonyl (C=O) groups is 1. The Bertz CT molecular complexity index is 1190. The quantitative estimate of drug-likeness (QED) is 0.439. The summed E-state index contributed by atoms with van der Waals surface area (Å²) in [6.07, 6.45) is 6.96. The summed E-state index contributed by atoms with van der Waals surface area (Å²) in [6, 6.07) is 23.1. The average molecular weight is 498 g/mol. The van der Waals surface area contributed by atoms with Crippen LogP contribution in [-0.4, -0.2) is 59.1 Å². The molecule has 2 aliphatic heterocycles. The van der Waals surface area contributed by atoms with Gasteiger partial charge in [0.1, 0.15) is 18.9 Å². The first kappa shape index (κ1) is 24.0. The zero-order chi connectivity index (χ0) is 25.0. The molecule has 3 heterocycles. The molecular weight excluding hydrogens is 462 g/mol. The van der Waals surface area contributed by atoms with E-state index in [0.29, 0.717) is 30.9 Å². The summed E-state index contributed by atoms with van der Waals surface area (Å²) in [4.78, 5) is 22.9. The maximum absolute atomic E-state index is 13.8. The lowest BCUT2D eigenvalue weighted by molar-refractivity contribution is 0.0477. The Kier molecular flexibility index (Phi) is 7.09. The van der Waals surface area contributed by atoms with Crippen LogP contribution in [-0.2, 0) is 13.0 Å². The van der Waals surface area contributed by atoms with Crippen LogP contribution in [0.25, 0.3) is 0 Å². The van der Waals surface area contributed by atoms with Gasteiger partial charge >= 0.3 is 0 Å². The predicted molar refractivity (Wildman–Crippen MR) is 143 cm³/mol. The van der Waals surface area contributed by atoms with Crippen molar-refractivity contribution in [3.8, 4) is 11.5 Å². The highest BCUT2D eigenvalue weighted by Gasteiger charge is 2.42. The van der Waals surface area contributed by atoms with Gasteiger partial charge in [0, 0.05) is 24.8 Å². The first-order valence-electron chi connectivity index (χ1n) is 13.6. The van der Waals surface area contributed by atoms with Crippen molar-refractivity contribution in [1.29, 1.82) is 0 Å². The molecule has 6 rings (SSSR count). The molecule has 0 radical (unpaired) electrons. The van der Waals surface area contributed by atoms with Gasteiger partial charge in [0.25, 0.3) is 5.91 Å². The van der Waals surface area contributed by atoms with E-state index in [1.165, 1.54) is 11.1 Å². The molecule has 3 aromatic rings. The van der Waals surface area contributed by atoms with Crippen molar-refractivity contribution in [2.45, 2.75) is 50.7 Å². The number of hydrogen-bond acceptors (Lipinski definition) is 5. The van der Waals surface area contributed by atoms with Crippen molar-refractivity contribution in [3.63, 3.8) is 0 Å². The topological polar surface area (TPSA) is 54.9 Å². The SMILES string of the molecule is O=C(c1ccccn1)N(C1CC1)[C@H](Cc1ccccc1)C1CCN(Cc2ccc3c(c2)OCCO3)CC1. The average Bonchev–Trinajstić information content (AvgIpc) is 3.79. The molecule has 2 aromatic carbocycles. The molecule has 0 N–H and O–H groups in total. The van der Waals surface area contributed by atoms with Gasteiger partial charge in [-0.05, 0) is 86.5 Å². The Morgan fingerprint density at radius 1 is 0.892 bits per heavy atom. The number of benzene rings is 2. The molecule has 37 heavy (non-hydrogen) atoms. The molecule has 2 fully saturated rings. The Balaban J connectivity index is 1.18. The van der Waals surface area contributed by atoms with Crippen molar-refractivity contribution < 1.29 is 14.3 Å². The fraction of sp³-hybridized carbons (Fsp3) is 0.419. The highest BCUT2D eigenvalue weighted by molar-refractivity contribution is 5.93. The molecule has 1 aliphatic carbocycles. The highest BCUT2D eigenvalue weighted by Crippen LogP contribution is 2.37. The van der Waals surface area contributed by atoms with Crippen LogP contribution in [0, 0.1) is 5.92 Å². The third-order valence-corrected chi connectivity index (χ3v) is 7.89. The molecule has 0 unspecified atom stereocenters. The van der Waals surface area contributed by atoms with Gasteiger partial charge in [0.2, 0.25) is 0 Å². The standard InChI is InChI=1S/C31H35N3O3/c35-31(27-8-4-5-15-32-27)34(26-10-11-26)28(20-23-6-2-1-3-7-23)25-13-16-33(17-14-25)22-24-9-12-29-30(21-24)37-19-18-36-29/h1-9,12,15,21,25-26,28H,10-11,13-14,16-20,22H2/t28-/m1/s1.